The molecule has 27 heavy (non-hydrogen) atoms. The van der Waals surface area contributed by atoms with E-state index in [1.807, 2.05) is 0 Å². The molecule has 2 heterocycles. The lowest BCUT2D eigenvalue weighted by molar-refractivity contribution is -0.0721. The molecule has 0 saturated carbocycles. The summed E-state index contributed by atoms with van der Waals surface area (Å²) in [6.45, 7) is 13.0. The van der Waals surface area contributed by atoms with Crippen LogP contribution in [0.4, 0.5) is 0 Å². The molecule has 160 valence electrons. The van der Waals surface area contributed by atoms with Crippen molar-refractivity contribution in [2.24, 2.45) is 4.99 Å². The first-order chi connectivity index (χ1) is 12.6. The first-order valence-corrected chi connectivity index (χ1v) is 10.6. The van der Waals surface area contributed by atoms with E-state index in [9.17, 15) is 0 Å². The Labute approximate surface area is 183 Å². The molecule has 0 spiro atoms. The zero-order chi connectivity index (χ0) is 18.8. The van der Waals surface area contributed by atoms with Crippen molar-refractivity contribution in [2.45, 2.75) is 71.1 Å². The molecule has 0 aromatic heterocycles. The van der Waals surface area contributed by atoms with Crippen LogP contribution < -0.4 is 5.32 Å². The second-order valence-corrected chi connectivity index (χ2v) is 7.82. The third-order valence-corrected chi connectivity index (χ3v) is 5.46. The number of likely N-dealkylation sites (N-methyl/N-ethyl adjacent to an activating group) is 1. The van der Waals surface area contributed by atoms with E-state index in [4.69, 9.17) is 14.5 Å². The number of nitrogens with zero attached hydrogens (tertiary/aromatic N) is 3. The number of likely N-dealkylation sites (tertiary alicyclic amines) is 1. The molecule has 2 saturated heterocycles. The molecule has 0 radical (unpaired) electrons. The highest BCUT2D eigenvalue weighted by Crippen LogP contribution is 2.18. The molecule has 1 N–H and O–H groups in total. The van der Waals surface area contributed by atoms with Gasteiger partial charge >= 0.3 is 0 Å². The van der Waals surface area contributed by atoms with E-state index in [2.05, 4.69) is 42.9 Å². The predicted molar refractivity (Wildman–Crippen MR) is 123 cm³/mol. The van der Waals surface area contributed by atoms with Crippen molar-refractivity contribution < 1.29 is 9.47 Å². The summed E-state index contributed by atoms with van der Waals surface area (Å²) in [5.41, 5.74) is 0. The topological polar surface area (TPSA) is 49.3 Å². The third-order valence-electron chi connectivity index (χ3n) is 5.46. The standard InChI is InChI=1S/C20H40N4O2.HI/c1-5-21-20(22-11-14-23(4)17(2)3)24-12-9-18(10-13-24)26-16-19-8-6-7-15-25-19;/h17-19H,5-16H2,1-4H3,(H,21,22);1H. The minimum Gasteiger partial charge on any atom is -0.376 e. The first-order valence-electron chi connectivity index (χ1n) is 10.6. The van der Waals surface area contributed by atoms with Crippen LogP contribution >= 0.6 is 24.0 Å². The number of ether oxygens (including phenoxy) is 2. The first kappa shape index (κ1) is 24.9. The highest BCUT2D eigenvalue weighted by atomic mass is 127. The number of halogens is 1. The second-order valence-electron chi connectivity index (χ2n) is 7.82. The highest BCUT2D eigenvalue weighted by molar-refractivity contribution is 14.0. The molecule has 2 aliphatic rings. The maximum absolute atomic E-state index is 6.13. The summed E-state index contributed by atoms with van der Waals surface area (Å²) in [6.07, 6.45) is 6.47. The Morgan fingerprint density at radius 2 is 2.00 bits per heavy atom. The number of piperidine rings is 1. The van der Waals surface area contributed by atoms with E-state index < -0.39 is 0 Å². The maximum atomic E-state index is 6.13. The Hall–Kier alpha value is -0.120. The minimum absolute atomic E-state index is 0. The molecule has 6 nitrogen and oxygen atoms in total. The van der Waals surface area contributed by atoms with Gasteiger partial charge in [-0.2, -0.15) is 0 Å². The molecule has 1 atom stereocenters. The zero-order valence-electron chi connectivity index (χ0n) is 17.8. The van der Waals surface area contributed by atoms with E-state index in [1.54, 1.807) is 0 Å². The van der Waals surface area contributed by atoms with Crippen LogP contribution in [0.3, 0.4) is 0 Å². The van der Waals surface area contributed by atoms with Crippen molar-refractivity contribution in [1.82, 2.24) is 15.1 Å². The quantitative estimate of drug-likeness (QED) is 0.318. The van der Waals surface area contributed by atoms with E-state index in [0.717, 1.165) is 71.2 Å². The molecule has 0 aromatic carbocycles. The molecular weight excluding hydrogens is 455 g/mol. The van der Waals surface area contributed by atoms with Gasteiger partial charge in [0.1, 0.15) is 0 Å². The summed E-state index contributed by atoms with van der Waals surface area (Å²) < 4.78 is 11.9. The lowest BCUT2D eigenvalue weighted by Gasteiger charge is -2.35. The molecule has 2 aliphatic heterocycles. The lowest BCUT2D eigenvalue weighted by Crippen LogP contribution is -2.47. The number of hydrogen-bond donors (Lipinski definition) is 1. The lowest BCUT2D eigenvalue weighted by atomic mass is 10.1. The van der Waals surface area contributed by atoms with Crippen LogP contribution in [-0.2, 0) is 9.47 Å². The van der Waals surface area contributed by atoms with Gasteiger partial charge in [-0.15, -0.1) is 24.0 Å². The number of aliphatic imine (C=N–C) groups is 1. The summed E-state index contributed by atoms with van der Waals surface area (Å²) >= 11 is 0. The zero-order valence-corrected chi connectivity index (χ0v) is 20.1. The van der Waals surface area contributed by atoms with Gasteiger partial charge in [-0.1, -0.05) is 0 Å². The fraction of sp³-hybridized carbons (Fsp3) is 0.950. The minimum atomic E-state index is 0. The van der Waals surface area contributed by atoms with Crippen LogP contribution in [0.5, 0.6) is 0 Å². The number of nitrogens with one attached hydrogen (secondary N) is 1. The predicted octanol–water partition coefficient (Wildman–Crippen LogP) is 2.96. The van der Waals surface area contributed by atoms with E-state index in [1.165, 1.54) is 12.8 Å². The molecule has 0 aromatic rings. The maximum Gasteiger partial charge on any atom is 0.193 e. The van der Waals surface area contributed by atoms with Gasteiger partial charge in [-0.3, -0.25) is 4.99 Å². The average Bonchev–Trinajstić information content (AvgIpc) is 2.67. The van der Waals surface area contributed by atoms with Gasteiger partial charge in [0, 0.05) is 38.8 Å². The second kappa shape index (κ2) is 14.0. The van der Waals surface area contributed by atoms with Gasteiger partial charge in [0.2, 0.25) is 0 Å². The van der Waals surface area contributed by atoms with Crippen molar-refractivity contribution in [3.8, 4) is 0 Å². The molecule has 0 amide bonds. The van der Waals surface area contributed by atoms with Crippen molar-refractivity contribution >= 4 is 29.9 Å². The van der Waals surface area contributed by atoms with Crippen molar-refractivity contribution in [2.75, 3.05) is 53.0 Å². The summed E-state index contributed by atoms with van der Waals surface area (Å²) in [7, 11) is 2.16. The number of hydrogen-bond acceptors (Lipinski definition) is 4. The van der Waals surface area contributed by atoms with E-state index in [-0.39, 0.29) is 24.0 Å². The monoisotopic (exact) mass is 496 g/mol. The summed E-state index contributed by atoms with van der Waals surface area (Å²) in [5.74, 6) is 1.05. The number of rotatable bonds is 8. The molecule has 7 heteroatoms. The SMILES string of the molecule is CCNC(=NCCN(C)C(C)C)N1CCC(OCC2CCCCO2)CC1.I. The molecule has 0 bridgehead atoms. The average molecular weight is 496 g/mol. The van der Waals surface area contributed by atoms with Crippen molar-refractivity contribution in [3.05, 3.63) is 0 Å². The largest absolute Gasteiger partial charge is 0.376 e. The summed E-state index contributed by atoms with van der Waals surface area (Å²) in [5, 5.41) is 3.45. The Morgan fingerprint density at radius 3 is 2.59 bits per heavy atom. The van der Waals surface area contributed by atoms with E-state index >= 15 is 0 Å². The molecular formula is C20H41IN4O2. The Morgan fingerprint density at radius 1 is 1.26 bits per heavy atom. The molecule has 2 rings (SSSR count). The van der Waals surface area contributed by atoms with Gasteiger partial charge in [-0.25, -0.2) is 0 Å². The van der Waals surface area contributed by atoms with Crippen LogP contribution in [0.15, 0.2) is 4.99 Å². The Balaban J connectivity index is 0.00000364. The fourth-order valence-corrected chi connectivity index (χ4v) is 3.41. The van der Waals surface area contributed by atoms with Gasteiger partial charge < -0.3 is 24.6 Å². The fourth-order valence-electron chi connectivity index (χ4n) is 3.41. The Bertz CT molecular complexity index is 409. The van der Waals surface area contributed by atoms with Crippen LogP contribution in [0.1, 0.15) is 52.9 Å². The smallest absolute Gasteiger partial charge is 0.193 e. The summed E-state index contributed by atoms with van der Waals surface area (Å²) in [6, 6.07) is 0.564. The number of guanidine groups is 1. The third kappa shape index (κ3) is 9.28. The molecule has 2 fully saturated rings. The van der Waals surface area contributed by atoms with Crippen molar-refractivity contribution in [3.63, 3.8) is 0 Å². The van der Waals surface area contributed by atoms with Crippen LogP contribution in [0.2, 0.25) is 0 Å². The van der Waals surface area contributed by atoms with Crippen LogP contribution in [0, 0.1) is 0 Å². The summed E-state index contributed by atoms with van der Waals surface area (Å²) in [4.78, 5) is 9.55. The normalized spacial score (nSPS) is 22.2. The Kier molecular flexibility index (Phi) is 12.9. The van der Waals surface area contributed by atoms with Crippen LogP contribution in [0.25, 0.3) is 0 Å². The highest BCUT2D eigenvalue weighted by Gasteiger charge is 2.23. The van der Waals surface area contributed by atoms with Gasteiger partial charge in [0.25, 0.3) is 0 Å². The van der Waals surface area contributed by atoms with Gasteiger partial charge in [-0.05, 0) is 59.9 Å². The van der Waals surface area contributed by atoms with E-state index in [0.29, 0.717) is 18.2 Å². The van der Waals surface area contributed by atoms with Crippen molar-refractivity contribution in [1.29, 1.82) is 0 Å². The molecule has 1 unspecified atom stereocenters. The van der Waals surface area contributed by atoms with Crippen LogP contribution in [-0.4, -0.2) is 87.0 Å². The van der Waals surface area contributed by atoms with Gasteiger partial charge in [0.05, 0.1) is 25.4 Å². The molecule has 0 aliphatic carbocycles. The van der Waals surface area contributed by atoms with Gasteiger partial charge in [0.15, 0.2) is 5.96 Å².